The van der Waals surface area contributed by atoms with Crippen molar-refractivity contribution in [2.24, 2.45) is 0 Å². The number of hydrogen-bond donors (Lipinski definition) is 2. The Kier molecular flexibility index (Phi) is 8.01. The molecular formula is C14H28N2O2. The molecule has 2 N–H and O–H groups in total. The van der Waals surface area contributed by atoms with E-state index in [-0.39, 0.29) is 12.5 Å². The van der Waals surface area contributed by atoms with Crippen molar-refractivity contribution in [1.29, 1.82) is 0 Å². The van der Waals surface area contributed by atoms with Crippen molar-refractivity contribution < 1.29 is 9.90 Å². The van der Waals surface area contributed by atoms with Crippen LogP contribution in [0.15, 0.2) is 0 Å². The van der Waals surface area contributed by atoms with Crippen LogP contribution in [0, 0.1) is 0 Å². The lowest BCUT2D eigenvalue weighted by Gasteiger charge is -2.24. The molecule has 0 aliphatic heterocycles. The third kappa shape index (κ3) is 6.36. The van der Waals surface area contributed by atoms with Gasteiger partial charge in [0.2, 0.25) is 5.91 Å². The fraction of sp³-hybridized carbons (Fsp3) is 0.929. The van der Waals surface area contributed by atoms with Crippen LogP contribution in [0.5, 0.6) is 0 Å². The number of rotatable bonds is 8. The van der Waals surface area contributed by atoms with Crippen molar-refractivity contribution >= 4 is 5.91 Å². The lowest BCUT2D eigenvalue weighted by Crippen LogP contribution is -2.38. The molecule has 1 amide bonds. The molecule has 1 saturated carbocycles. The van der Waals surface area contributed by atoms with E-state index in [1.807, 2.05) is 0 Å². The molecule has 0 aromatic rings. The third-order valence-corrected chi connectivity index (χ3v) is 3.71. The van der Waals surface area contributed by atoms with Gasteiger partial charge in [-0.25, -0.2) is 0 Å². The summed E-state index contributed by atoms with van der Waals surface area (Å²) in [6.07, 6.45) is 7.48. The maximum atomic E-state index is 11.8. The number of nitrogens with zero attached hydrogens (tertiary/aromatic N) is 1. The number of aliphatic hydroxyl groups excluding tert-OH is 1. The molecule has 0 bridgehead atoms. The molecule has 0 atom stereocenters. The Bertz CT molecular complexity index is 228. The third-order valence-electron chi connectivity index (χ3n) is 3.71. The zero-order valence-corrected chi connectivity index (χ0v) is 11.7. The van der Waals surface area contributed by atoms with Crippen LogP contribution in [0.4, 0.5) is 0 Å². The highest BCUT2D eigenvalue weighted by Gasteiger charge is 2.15. The van der Waals surface area contributed by atoms with Gasteiger partial charge in [0.1, 0.15) is 0 Å². The van der Waals surface area contributed by atoms with Crippen LogP contribution in [0.2, 0.25) is 0 Å². The molecule has 0 saturated heterocycles. The lowest BCUT2D eigenvalue weighted by atomic mass is 9.95. The van der Waals surface area contributed by atoms with Crippen molar-refractivity contribution in [3.05, 3.63) is 0 Å². The van der Waals surface area contributed by atoms with Crippen LogP contribution in [0.1, 0.15) is 51.9 Å². The smallest absolute Gasteiger partial charge is 0.221 e. The average Bonchev–Trinajstić information content (AvgIpc) is 2.40. The number of carbonyl (C=O) groups is 1. The van der Waals surface area contributed by atoms with Crippen LogP contribution in [0.25, 0.3) is 0 Å². The first-order valence-electron chi connectivity index (χ1n) is 7.38. The number of hydrogen-bond acceptors (Lipinski definition) is 3. The number of amides is 1. The lowest BCUT2D eigenvalue weighted by molar-refractivity contribution is -0.122. The maximum Gasteiger partial charge on any atom is 0.221 e. The Balaban J connectivity index is 2.14. The standard InChI is InChI=1S/C14H28N2O2/c1-2-16(10-6-12-17)11-9-14(18)15-13-7-4-3-5-8-13/h13,17H,2-12H2,1H3,(H,15,18). The fourth-order valence-corrected chi connectivity index (χ4v) is 2.53. The minimum atomic E-state index is 0.185. The monoisotopic (exact) mass is 256 g/mol. The Morgan fingerprint density at radius 3 is 2.61 bits per heavy atom. The summed E-state index contributed by atoms with van der Waals surface area (Å²) in [6, 6.07) is 0.416. The molecule has 0 heterocycles. The van der Waals surface area contributed by atoms with Crippen LogP contribution in [0.3, 0.4) is 0 Å². The van der Waals surface area contributed by atoms with Gasteiger partial charge in [-0.3, -0.25) is 4.79 Å². The molecular weight excluding hydrogens is 228 g/mol. The minimum Gasteiger partial charge on any atom is -0.396 e. The van der Waals surface area contributed by atoms with Gasteiger partial charge in [0, 0.05) is 32.2 Å². The van der Waals surface area contributed by atoms with Crippen LogP contribution < -0.4 is 5.32 Å². The molecule has 4 nitrogen and oxygen atoms in total. The second-order valence-corrected chi connectivity index (χ2v) is 5.16. The Labute approximate surface area is 111 Å². The minimum absolute atomic E-state index is 0.185. The molecule has 0 spiro atoms. The SMILES string of the molecule is CCN(CCCO)CCC(=O)NC1CCCCC1. The van der Waals surface area contributed by atoms with Gasteiger partial charge >= 0.3 is 0 Å². The molecule has 106 valence electrons. The zero-order valence-electron chi connectivity index (χ0n) is 11.7. The zero-order chi connectivity index (χ0) is 13.2. The van der Waals surface area contributed by atoms with E-state index >= 15 is 0 Å². The molecule has 1 aliphatic rings. The normalized spacial score (nSPS) is 17.1. The average molecular weight is 256 g/mol. The van der Waals surface area contributed by atoms with Crippen molar-refractivity contribution in [3.8, 4) is 0 Å². The molecule has 1 aliphatic carbocycles. The van der Waals surface area contributed by atoms with E-state index in [4.69, 9.17) is 5.11 Å². The van der Waals surface area contributed by atoms with E-state index in [0.717, 1.165) is 38.9 Å². The van der Waals surface area contributed by atoms with Crippen LogP contribution in [-0.2, 0) is 4.79 Å². The summed E-state index contributed by atoms with van der Waals surface area (Å²) in [5.41, 5.74) is 0. The Morgan fingerprint density at radius 1 is 1.28 bits per heavy atom. The van der Waals surface area contributed by atoms with Crippen LogP contribution in [-0.4, -0.2) is 48.2 Å². The van der Waals surface area contributed by atoms with E-state index in [1.165, 1.54) is 19.3 Å². The van der Waals surface area contributed by atoms with E-state index in [0.29, 0.717) is 12.5 Å². The summed E-state index contributed by atoms with van der Waals surface area (Å²) in [6.45, 7) is 4.94. The van der Waals surface area contributed by atoms with Crippen molar-refractivity contribution in [2.75, 3.05) is 26.2 Å². The van der Waals surface area contributed by atoms with E-state index in [2.05, 4.69) is 17.1 Å². The molecule has 0 unspecified atom stereocenters. The topological polar surface area (TPSA) is 52.6 Å². The molecule has 1 fully saturated rings. The second-order valence-electron chi connectivity index (χ2n) is 5.16. The highest BCUT2D eigenvalue weighted by molar-refractivity contribution is 5.76. The van der Waals surface area contributed by atoms with Gasteiger partial charge in [-0.15, -0.1) is 0 Å². The maximum absolute atomic E-state index is 11.8. The predicted octanol–water partition coefficient (Wildman–Crippen LogP) is 1.53. The van der Waals surface area contributed by atoms with Crippen molar-refractivity contribution in [3.63, 3.8) is 0 Å². The molecule has 18 heavy (non-hydrogen) atoms. The van der Waals surface area contributed by atoms with Crippen molar-refractivity contribution in [1.82, 2.24) is 10.2 Å². The Morgan fingerprint density at radius 2 is 2.00 bits per heavy atom. The van der Waals surface area contributed by atoms with E-state index in [1.54, 1.807) is 0 Å². The highest BCUT2D eigenvalue weighted by Crippen LogP contribution is 2.17. The first-order chi connectivity index (χ1) is 8.76. The van der Waals surface area contributed by atoms with Gasteiger partial charge in [0.15, 0.2) is 0 Å². The van der Waals surface area contributed by atoms with Gasteiger partial charge in [-0.2, -0.15) is 0 Å². The first kappa shape index (κ1) is 15.4. The summed E-state index contributed by atoms with van der Waals surface area (Å²) >= 11 is 0. The molecule has 0 aromatic carbocycles. The Hall–Kier alpha value is -0.610. The number of aliphatic hydroxyl groups is 1. The predicted molar refractivity (Wildman–Crippen MR) is 73.4 cm³/mol. The molecule has 1 rings (SSSR count). The first-order valence-corrected chi connectivity index (χ1v) is 7.38. The van der Waals surface area contributed by atoms with Crippen LogP contribution >= 0.6 is 0 Å². The van der Waals surface area contributed by atoms with E-state index in [9.17, 15) is 4.79 Å². The molecule has 4 heteroatoms. The van der Waals surface area contributed by atoms with Gasteiger partial charge in [-0.1, -0.05) is 26.2 Å². The second kappa shape index (κ2) is 9.34. The summed E-state index contributed by atoms with van der Waals surface area (Å²) in [5.74, 6) is 0.185. The van der Waals surface area contributed by atoms with Gasteiger partial charge in [0.05, 0.1) is 0 Å². The largest absolute Gasteiger partial charge is 0.396 e. The number of nitrogens with one attached hydrogen (secondary N) is 1. The summed E-state index contributed by atoms with van der Waals surface area (Å²) in [5, 5.41) is 11.9. The van der Waals surface area contributed by atoms with E-state index < -0.39 is 0 Å². The molecule has 0 radical (unpaired) electrons. The molecule has 0 aromatic heterocycles. The summed E-state index contributed by atoms with van der Waals surface area (Å²) in [7, 11) is 0. The van der Waals surface area contributed by atoms with Gasteiger partial charge in [0.25, 0.3) is 0 Å². The summed E-state index contributed by atoms with van der Waals surface area (Å²) in [4.78, 5) is 14.0. The van der Waals surface area contributed by atoms with Gasteiger partial charge in [-0.05, 0) is 25.8 Å². The summed E-state index contributed by atoms with van der Waals surface area (Å²) < 4.78 is 0. The fourth-order valence-electron chi connectivity index (χ4n) is 2.53. The number of carbonyl (C=O) groups excluding carboxylic acids is 1. The quantitative estimate of drug-likeness (QED) is 0.692. The highest BCUT2D eigenvalue weighted by atomic mass is 16.3. The van der Waals surface area contributed by atoms with Crippen molar-refractivity contribution in [2.45, 2.75) is 57.9 Å². The van der Waals surface area contributed by atoms with Gasteiger partial charge < -0.3 is 15.3 Å².